The van der Waals surface area contributed by atoms with Gasteiger partial charge in [0, 0.05) is 25.1 Å². The SMILES string of the molecule is CCC(C)C(C)(O)CNC(=O)c1ccc(-n2cccc2)nc1. The fourth-order valence-electron chi connectivity index (χ4n) is 2.14. The molecule has 0 saturated heterocycles. The van der Waals surface area contributed by atoms with Gasteiger partial charge in [-0.3, -0.25) is 4.79 Å². The number of aromatic nitrogens is 2. The van der Waals surface area contributed by atoms with Gasteiger partial charge in [-0.15, -0.1) is 0 Å². The molecule has 0 spiro atoms. The van der Waals surface area contributed by atoms with Crippen molar-refractivity contribution in [3.05, 3.63) is 48.4 Å². The normalized spacial score (nSPS) is 15.1. The number of hydrogen-bond donors (Lipinski definition) is 2. The third-order valence-electron chi connectivity index (χ3n) is 4.16. The molecule has 118 valence electrons. The smallest absolute Gasteiger partial charge is 0.252 e. The maximum absolute atomic E-state index is 12.1. The number of carbonyl (C=O) groups is 1. The van der Waals surface area contributed by atoms with Gasteiger partial charge in [-0.2, -0.15) is 0 Å². The van der Waals surface area contributed by atoms with Gasteiger partial charge >= 0.3 is 0 Å². The second-order valence-corrected chi connectivity index (χ2v) is 5.84. The van der Waals surface area contributed by atoms with Crippen LogP contribution in [0.3, 0.4) is 0 Å². The van der Waals surface area contributed by atoms with Crippen molar-refractivity contribution in [3.63, 3.8) is 0 Å². The Morgan fingerprint density at radius 1 is 1.41 bits per heavy atom. The number of nitrogens with zero attached hydrogens (tertiary/aromatic N) is 2. The van der Waals surface area contributed by atoms with Crippen LogP contribution < -0.4 is 5.32 Å². The average molecular weight is 301 g/mol. The largest absolute Gasteiger partial charge is 0.388 e. The number of amides is 1. The molecule has 5 nitrogen and oxygen atoms in total. The van der Waals surface area contributed by atoms with Gasteiger partial charge in [-0.25, -0.2) is 4.98 Å². The number of carbonyl (C=O) groups excluding carboxylic acids is 1. The van der Waals surface area contributed by atoms with Gasteiger partial charge in [0.25, 0.3) is 5.91 Å². The molecule has 2 aromatic heterocycles. The van der Waals surface area contributed by atoms with Crippen LogP contribution in [0.4, 0.5) is 0 Å². The highest BCUT2D eigenvalue weighted by molar-refractivity contribution is 5.93. The summed E-state index contributed by atoms with van der Waals surface area (Å²) in [6.07, 6.45) is 6.19. The molecular formula is C17H23N3O2. The Morgan fingerprint density at radius 2 is 2.09 bits per heavy atom. The van der Waals surface area contributed by atoms with Gasteiger partial charge < -0.3 is 15.0 Å². The quantitative estimate of drug-likeness (QED) is 0.861. The highest BCUT2D eigenvalue weighted by atomic mass is 16.3. The zero-order chi connectivity index (χ0) is 16.2. The van der Waals surface area contributed by atoms with Crippen molar-refractivity contribution < 1.29 is 9.90 Å². The van der Waals surface area contributed by atoms with E-state index in [9.17, 15) is 9.90 Å². The fourth-order valence-corrected chi connectivity index (χ4v) is 2.14. The van der Waals surface area contributed by atoms with Gasteiger partial charge in [0.2, 0.25) is 0 Å². The van der Waals surface area contributed by atoms with Crippen LogP contribution in [0, 0.1) is 5.92 Å². The van der Waals surface area contributed by atoms with Crippen LogP contribution in [0.25, 0.3) is 5.82 Å². The minimum atomic E-state index is -0.914. The summed E-state index contributed by atoms with van der Waals surface area (Å²) in [5.74, 6) is 0.644. The number of rotatable bonds is 6. The third-order valence-corrected chi connectivity index (χ3v) is 4.16. The van der Waals surface area contributed by atoms with E-state index in [-0.39, 0.29) is 18.4 Å². The summed E-state index contributed by atoms with van der Waals surface area (Å²) >= 11 is 0. The highest BCUT2D eigenvalue weighted by Gasteiger charge is 2.27. The second kappa shape index (κ2) is 6.75. The van der Waals surface area contributed by atoms with Crippen LogP contribution in [-0.4, -0.2) is 32.7 Å². The van der Waals surface area contributed by atoms with Gasteiger partial charge in [-0.1, -0.05) is 20.3 Å². The Morgan fingerprint density at radius 3 is 2.64 bits per heavy atom. The molecule has 2 atom stereocenters. The Labute approximate surface area is 131 Å². The zero-order valence-corrected chi connectivity index (χ0v) is 13.3. The van der Waals surface area contributed by atoms with Gasteiger partial charge in [0.05, 0.1) is 11.2 Å². The van der Waals surface area contributed by atoms with Crippen molar-refractivity contribution in [1.82, 2.24) is 14.9 Å². The fraction of sp³-hybridized carbons (Fsp3) is 0.412. The van der Waals surface area contributed by atoms with Crippen LogP contribution in [0.15, 0.2) is 42.9 Å². The summed E-state index contributed by atoms with van der Waals surface area (Å²) < 4.78 is 1.87. The molecule has 0 aliphatic heterocycles. The van der Waals surface area contributed by atoms with Crippen molar-refractivity contribution in [1.29, 1.82) is 0 Å². The first-order valence-corrected chi connectivity index (χ1v) is 7.54. The Bertz CT molecular complexity index is 603. The maximum Gasteiger partial charge on any atom is 0.252 e. The van der Waals surface area contributed by atoms with Crippen molar-refractivity contribution in [2.75, 3.05) is 6.54 Å². The Balaban J connectivity index is 1.99. The summed E-state index contributed by atoms with van der Waals surface area (Å²) in [6.45, 7) is 5.96. The molecule has 0 aromatic carbocycles. The first-order chi connectivity index (χ1) is 10.4. The lowest BCUT2D eigenvalue weighted by Gasteiger charge is -2.29. The molecule has 0 radical (unpaired) electrons. The molecule has 1 amide bonds. The summed E-state index contributed by atoms with van der Waals surface area (Å²) in [6, 6.07) is 7.36. The molecule has 22 heavy (non-hydrogen) atoms. The molecule has 2 rings (SSSR count). The number of pyridine rings is 1. The molecule has 0 bridgehead atoms. The monoisotopic (exact) mass is 301 g/mol. The standard InChI is InChI=1S/C17H23N3O2/c1-4-13(2)17(3,22)12-19-16(21)14-7-8-15(18-11-14)20-9-5-6-10-20/h5-11,13,22H,4,12H2,1-3H3,(H,19,21). The van der Waals surface area contributed by atoms with Crippen LogP contribution in [0.1, 0.15) is 37.6 Å². The van der Waals surface area contributed by atoms with Crippen molar-refractivity contribution in [2.24, 2.45) is 5.92 Å². The third kappa shape index (κ3) is 3.74. The molecule has 0 aliphatic carbocycles. The summed E-state index contributed by atoms with van der Waals surface area (Å²) in [5.41, 5.74) is -0.431. The summed E-state index contributed by atoms with van der Waals surface area (Å²) in [5, 5.41) is 13.1. The molecule has 2 unspecified atom stereocenters. The van der Waals surface area contributed by atoms with E-state index in [1.165, 1.54) is 0 Å². The number of nitrogens with one attached hydrogen (secondary N) is 1. The van der Waals surface area contributed by atoms with Crippen LogP contribution >= 0.6 is 0 Å². The molecule has 2 aromatic rings. The van der Waals surface area contributed by atoms with E-state index in [4.69, 9.17) is 0 Å². The number of aliphatic hydroxyl groups is 1. The van der Waals surface area contributed by atoms with E-state index in [0.29, 0.717) is 5.56 Å². The predicted molar refractivity (Wildman–Crippen MR) is 86.0 cm³/mol. The van der Waals surface area contributed by atoms with E-state index in [2.05, 4.69) is 10.3 Å². The van der Waals surface area contributed by atoms with Gasteiger partial charge in [0.15, 0.2) is 0 Å². The molecule has 2 N–H and O–H groups in total. The van der Waals surface area contributed by atoms with Crippen LogP contribution in [0.2, 0.25) is 0 Å². The van der Waals surface area contributed by atoms with Crippen molar-refractivity contribution in [2.45, 2.75) is 32.8 Å². The molecule has 5 heteroatoms. The summed E-state index contributed by atoms with van der Waals surface area (Å²) in [7, 11) is 0. The van der Waals surface area contributed by atoms with Gasteiger partial charge in [-0.05, 0) is 37.1 Å². The van der Waals surface area contributed by atoms with E-state index in [1.54, 1.807) is 25.3 Å². The first-order valence-electron chi connectivity index (χ1n) is 7.54. The van der Waals surface area contributed by atoms with E-state index < -0.39 is 5.60 Å². The van der Waals surface area contributed by atoms with E-state index in [1.807, 2.05) is 42.9 Å². The van der Waals surface area contributed by atoms with Crippen LogP contribution in [-0.2, 0) is 0 Å². The Hall–Kier alpha value is -2.14. The average Bonchev–Trinajstić information content (AvgIpc) is 3.06. The minimum absolute atomic E-state index is 0.113. The van der Waals surface area contributed by atoms with Gasteiger partial charge in [0.1, 0.15) is 5.82 Å². The molecule has 0 fully saturated rings. The highest BCUT2D eigenvalue weighted by Crippen LogP contribution is 2.19. The first kappa shape index (κ1) is 16.2. The molecule has 0 saturated carbocycles. The van der Waals surface area contributed by atoms with Crippen molar-refractivity contribution in [3.8, 4) is 5.82 Å². The lowest BCUT2D eigenvalue weighted by Crippen LogP contribution is -2.45. The lowest BCUT2D eigenvalue weighted by atomic mass is 9.88. The Kier molecular flexibility index (Phi) is 4.98. The minimum Gasteiger partial charge on any atom is -0.388 e. The van der Waals surface area contributed by atoms with E-state index in [0.717, 1.165) is 12.2 Å². The topological polar surface area (TPSA) is 67.2 Å². The maximum atomic E-state index is 12.1. The van der Waals surface area contributed by atoms with E-state index >= 15 is 0 Å². The molecule has 2 heterocycles. The molecular weight excluding hydrogens is 278 g/mol. The zero-order valence-electron chi connectivity index (χ0n) is 13.3. The second-order valence-electron chi connectivity index (χ2n) is 5.84. The number of hydrogen-bond acceptors (Lipinski definition) is 3. The lowest BCUT2D eigenvalue weighted by molar-refractivity contribution is 0.00592. The molecule has 0 aliphatic rings. The predicted octanol–water partition coefficient (Wildman–Crippen LogP) is 2.40. The summed E-state index contributed by atoms with van der Waals surface area (Å²) in [4.78, 5) is 16.4. The van der Waals surface area contributed by atoms with Crippen LogP contribution in [0.5, 0.6) is 0 Å². The van der Waals surface area contributed by atoms with Crippen molar-refractivity contribution >= 4 is 5.91 Å².